The molecule has 0 saturated heterocycles. The van der Waals surface area contributed by atoms with Crippen LogP contribution in [0.4, 0.5) is 0 Å². The van der Waals surface area contributed by atoms with E-state index in [1.165, 1.54) is 32.1 Å². The average Bonchev–Trinajstić information content (AvgIpc) is 2.88. The second kappa shape index (κ2) is 6.53. The van der Waals surface area contributed by atoms with Crippen LogP contribution in [0.3, 0.4) is 0 Å². The second-order valence-electron chi connectivity index (χ2n) is 6.08. The first kappa shape index (κ1) is 14.5. The van der Waals surface area contributed by atoms with Crippen LogP contribution in [0.5, 0.6) is 0 Å². The van der Waals surface area contributed by atoms with Crippen LogP contribution in [0, 0.1) is 0 Å². The monoisotopic (exact) mass is 265 g/mol. The van der Waals surface area contributed by atoms with E-state index >= 15 is 0 Å². The standard InChI is InChI=1S/C15H27N3O/c1-3-15(2,16)12-19-11-13-9-10-18(17-13)14-7-5-4-6-8-14/h9-10,14H,3-8,11-12,16H2,1-2H3. The van der Waals surface area contributed by atoms with Crippen molar-refractivity contribution in [1.29, 1.82) is 0 Å². The highest BCUT2D eigenvalue weighted by molar-refractivity contribution is 4.98. The van der Waals surface area contributed by atoms with Gasteiger partial charge in [0.05, 0.1) is 24.9 Å². The van der Waals surface area contributed by atoms with Gasteiger partial charge in [0.2, 0.25) is 0 Å². The highest BCUT2D eigenvalue weighted by Gasteiger charge is 2.17. The maximum atomic E-state index is 6.05. The topological polar surface area (TPSA) is 53.1 Å². The molecule has 108 valence electrons. The number of ether oxygens (including phenoxy) is 1. The van der Waals surface area contributed by atoms with Gasteiger partial charge in [0.25, 0.3) is 0 Å². The molecule has 2 N–H and O–H groups in total. The lowest BCUT2D eigenvalue weighted by Gasteiger charge is -2.22. The van der Waals surface area contributed by atoms with Crippen LogP contribution in [0.2, 0.25) is 0 Å². The lowest BCUT2D eigenvalue weighted by molar-refractivity contribution is 0.0752. The highest BCUT2D eigenvalue weighted by Crippen LogP contribution is 2.27. The first-order chi connectivity index (χ1) is 9.11. The zero-order chi connectivity index (χ0) is 13.7. The van der Waals surface area contributed by atoms with Crippen LogP contribution in [-0.4, -0.2) is 21.9 Å². The van der Waals surface area contributed by atoms with Crippen LogP contribution in [-0.2, 0) is 11.3 Å². The van der Waals surface area contributed by atoms with Gasteiger partial charge in [-0.1, -0.05) is 26.2 Å². The SMILES string of the molecule is CCC(C)(N)COCc1ccn(C2CCCCC2)n1. The smallest absolute Gasteiger partial charge is 0.0907 e. The Morgan fingerprint density at radius 3 is 2.84 bits per heavy atom. The molecule has 1 aliphatic carbocycles. The van der Waals surface area contributed by atoms with Crippen molar-refractivity contribution in [3.63, 3.8) is 0 Å². The number of nitrogens with two attached hydrogens (primary N) is 1. The van der Waals surface area contributed by atoms with Crippen LogP contribution in [0.15, 0.2) is 12.3 Å². The normalized spacial score (nSPS) is 20.4. The number of hydrogen-bond acceptors (Lipinski definition) is 3. The second-order valence-corrected chi connectivity index (χ2v) is 6.08. The zero-order valence-electron chi connectivity index (χ0n) is 12.3. The lowest BCUT2D eigenvalue weighted by atomic mass is 9.96. The molecule has 0 aliphatic heterocycles. The van der Waals surface area contributed by atoms with Gasteiger partial charge >= 0.3 is 0 Å². The number of nitrogens with zero attached hydrogens (tertiary/aromatic N) is 2. The Morgan fingerprint density at radius 1 is 1.42 bits per heavy atom. The fourth-order valence-corrected chi connectivity index (χ4v) is 2.49. The molecule has 1 fully saturated rings. The molecule has 1 aromatic rings. The number of hydrogen-bond donors (Lipinski definition) is 1. The van der Waals surface area contributed by atoms with E-state index in [-0.39, 0.29) is 5.54 Å². The minimum Gasteiger partial charge on any atom is -0.373 e. The Labute approximate surface area is 116 Å². The molecule has 2 rings (SSSR count). The fourth-order valence-electron chi connectivity index (χ4n) is 2.49. The van der Waals surface area contributed by atoms with E-state index in [2.05, 4.69) is 29.0 Å². The van der Waals surface area contributed by atoms with Crippen molar-refractivity contribution in [3.05, 3.63) is 18.0 Å². The van der Waals surface area contributed by atoms with E-state index in [0.717, 1.165) is 12.1 Å². The molecule has 0 amide bonds. The largest absolute Gasteiger partial charge is 0.373 e. The van der Waals surface area contributed by atoms with E-state index in [1.54, 1.807) is 0 Å². The third-order valence-corrected chi connectivity index (χ3v) is 4.10. The Balaban J connectivity index is 1.80. The number of rotatable bonds is 6. The summed E-state index contributed by atoms with van der Waals surface area (Å²) in [5.41, 5.74) is 6.83. The highest BCUT2D eigenvalue weighted by atomic mass is 16.5. The minimum atomic E-state index is -0.230. The van der Waals surface area contributed by atoms with E-state index in [1.807, 2.05) is 6.92 Å². The number of aromatic nitrogens is 2. The molecule has 4 nitrogen and oxygen atoms in total. The Bertz CT molecular complexity index is 380. The van der Waals surface area contributed by atoms with Crippen molar-refractivity contribution < 1.29 is 4.74 Å². The predicted octanol–water partition coefficient (Wildman–Crippen LogP) is 3.03. The lowest BCUT2D eigenvalue weighted by Crippen LogP contribution is -2.40. The van der Waals surface area contributed by atoms with Gasteiger partial charge in [0.15, 0.2) is 0 Å². The van der Waals surface area contributed by atoms with Crippen molar-refractivity contribution >= 4 is 0 Å². The molecule has 1 unspecified atom stereocenters. The van der Waals surface area contributed by atoms with Crippen molar-refractivity contribution in [2.75, 3.05) is 6.61 Å². The molecule has 1 aromatic heterocycles. The summed E-state index contributed by atoms with van der Waals surface area (Å²) in [6.07, 6.45) is 9.58. The molecule has 19 heavy (non-hydrogen) atoms. The van der Waals surface area contributed by atoms with Gasteiger partial charge < -0.3 is 10.5 Å². The molecule has 0 spiro atoms. The third kappa shape index (κ3) is 4.32. The summed E-state index contributed by atoms with van der Waals surface area (Å²) in [6.45, 7) is 5.25. The first-order valence-corrected chi connectivity index (χ1v) is 7.51. The molecule has 1 atom stereocenters. The van der Waals surface area contributed by atoms with E-state index < -0.39 is 0 Å². The van der Waals surface area contributed by atoms with Gasteiger partial charge in [-0.25, -0.2) is 0 Å². The van der Waals surface area contributed by atoms with Gasteiger partial charge in [-0.3, -0.25) is 4.68 Å². The zero-order valence-corrected chi connectivity index (χ0v) is 12.3. The molecule has 0 radical (unpaired) electrons. The van der Waals surface area contributed by atoms with Crippen LogP contribution < -0.4 is 5.73 Å². The summed E-state index contributed by atoms with van der Waals surface area (Å²) in [7, 11) is 0. The van der Waals surface area contributed by atoms with E-state index in [0.29, 0.717) is 19.3 Å². The molecule has 0 aromatic carbocycles. The first-order valence-electron chi connectivity index (χ1n) is 7.51. The minimum absolute atomic E-state index is 0.230. The maximum Gasteiger partial charge on any atom is 0.0907 e. The van der Waals surface area contributed by atoms with Crippen molar-refractivity contribution in [1.82, 2.24) is 9.78 Å². The summed E-state index contributed by atoms with van der Waals surface area (Å²) in [5.74, 6) is 0. The summed E-state index contributed by atoms with van der Waals surface area (Å²) in [5, 5.41) is 4.63. The molecular weight excluding hydrogens is 238 g/mol. The van der Waals surface area contributed by atoms with Gasteiger partial charge in [-0.05, 0) is 32.3 Å². The van der Waals surface area contributed by atoms with Gasteiger partial charge in [-0.15, -0.1) is 0 Å². The van der Waals surface area contributed by atoms with Crippen LogP contribution in [0.1, 0.15) is 64.1 Å². The average molecular weight is 265 g/mol. The Hall–Kier alpha value is -0.870. The summed E-state index contributed by atoms with van der Waals surface area (Å²) < 4.78 is 7.80. The van der Waals surface area contributed by atoms with Gasteiger partial charge in [0, 0.05) is 11.7 Å². The summed E-state index contributed by atoms with van der Waals surface area (Å²) in [4.78, 5) is 0. The molecule has 1 aliphatic rings. The van der Waals surface area contributed by atoms with Crippen molar-refractivity contribution in [2.45, 2.75) is 70.6 Å². The molecule has 1 saturated carbocycles. The van der Waals surface area contributed by atoms with Crippen molar-refractivity contribution in [3.8, 4) is 0 Å². The Morgan fingerprint density at radius 2 is 2.16 bits per heavy atom. The molecule has 1 heterocycles. The van der Waals surface area contributed by atoms with Crippen LogP contribution >= 0.6 is 0 Å². The van der Waals surface area contributed by atoms with Gasteiger partial charge in [-0.2, -0.15) is 5.10 Å². The maximum absolute atomic E-state index is 6.05. The van der Waals surface area contributed by atoms with E-state index in [4.69, 9.17) is 10.5 Å². The molecule has 0 bridgehead atoms. The third-order valence-electron chi connectivity index (χ3n) is 4.10. The predicted molar refractivity (Wildman–Crippen MR) is 76.9 cm³/mol. The van der Waals surface area contributed by atoms with Crippen molar-refractivity contribution in [2.24, 2.45) is 5.73 Å². The summed E-state index contributed by atoms with van der Waals surface area (Å²) >= 11 is 0. The van der Waals surface area contributed by atoms with Crippen LogP contribution in [0.25, 0.3) is 0 Å². The molecular formula is C15H27N3O. The van der Waals surface area contributed by atoms with E-state index in [9.17, 15) is 0 Å². The Kier molecular flexibility index (Phi) is 4.99. The summed E-state index contributed by atoms with van der Waals surface area (Å²) in [6, 6.07) is 2.66. The molecule has 4 heteroatoms. The van der Waals surface area contributed by atoms with Gasteiger partial charge in [0.1, 0.15) is 0 Å². The fraction of sp³-hybridized carbons (Fsp3) is 0.800. The quantitative estimate of drug-likeness (QED) is 0.860.